The maximum atomic E-state index is 12.9. The van der Waals surface area contributed by atoms with Gasteiger partial charge in [-0.05, 0) is 55.3 Å². The predicted molar refractivity (Wildman–Crippen MR) is 127 cm³/mol. The highest BCUT2D eigenvalue weighted by atomic mass is 32.2. The SMILES string of the molecule is CN1CC[C@@H]2C(c3ccc(S(=O)(=O)N(C)C)cc3)=CC3=C(NC(=O)/C3=N/O[C@H]3CCOC3=O)[C@@H]2C1. The van der Waals surface area contributed by atoms with Gasteiger partial charge >= 0.3 is 5.97 Å². The lowest BCUT2D eigenvalue weighted by molar-refractivity contribution is -0.147. The van der Waals surface area contributed by atoms with Crippen LogP contribution in [0.4, 0.5) is 0 Å². The summed E-state index contributed by atoms with van der Waals surface area (Å²) in [6.07, 6.45) is 2.42. The summed E-state index contributed by atoms with van der Waals surface area (Å²) in [5.41, 5.74) is 3.53. The van der Waals surface area contributed by atoms with Crippen molar-refractivity contribution in [2.75, 3.05) is 40.8 Å². The number of benzene rings is 1. The Kier molecular flexibility index (Phi) is 6.02. The largest absolute Gasteiger partial charge is 0.463 e. The van der Waals surface area contributed by atoms with Crippen molar-refractivity contribution in [1.29, 1.82) is 0 Å². The van der Waals surface area contributed by atoms with Crippen LogP contribution in [0.25, 0.3) is 5.57 Å². The van der Waals surface area contributed by atoms with E-state index in [9.17, 15) is 18.0 Å². The number of likely N-dealkylation sites (tertiary alicyclic amines) is 1. The Balaban J connectivity index is 1.53. The number of hydrogen-bond acceptors (Lipinski definition) is 8. The minimum atomic E-state index is -3.54. The number of cyclic esters (lactones) is 1. The van der Waals surface area contributed by atoms with Gasteiger partial charge in [-0.15, -0.1) is 0 Å². The number of rotatable bonds is 5. The van der Waals surface area contributed by atoms with E-state index < -0.39 is 22.1 Å². The molecule has 0 spiro atoms. The molecule has 0 radical (unpaired) electrons. The second kappa shape index (κ2) is 8.89. The summed E-state index contributed by atoms with van der Waals surface area (Å²) in [4.78, 5) is 32.5. The van der Waals surface area contributed by atoms with E-state index in [0.717, 1.165) is 36.3 Å². The fourth-order valence-electron chi connectivity index (χ4n) is 5.09. The predicted octanol–water partition coefficient (Wildman–Crippen LogP) is 0.974. The lowest BCUT2D eigenvalue weighted by Gasteiger charge is -2.41. The molecule has 3 atom stereocenters. The summed E-state index contributed by atoms with van der Waals surface area (Å²) in [7, 11) is 1.52. The Morgan fingerprint density at radius 3 is 2.54 bits per heavy atom. The first-order valence-electron chi connectivity index (χ1n) is 11.6. The third-order valence-corrected chi connectivity index (χ3v) is 8.85. The van der Waals surface area contributed by atoms with E-state index in [2.05, 4.69) is 22.4 Å². The molecule has 0 aromatic heterocycles. The van der Waals surface area contributed by atoms with Crippen LogP contribution in [-0.4, -0.2) is 82.2 Å². The minimum absolute atomic E-state index is 0.0435. The van der Waals surface area contributed by atoms with Crippen molar-refractivity contribution < 1.29 is 27.6 Å². The Bertz CT molecular complexity index is 1270. The molecule has 3 aliphatic heterocycles. The summed E-state index contributed by atoms with van der Waals surface area (Å²) >= 11 is 0. The number of allylic oxidation sites excluding steroid dienone is 2. The Labute approximate surface area is 204 Å². The number of carbonyl (C=O) groups is 2. The van der Waals surface area contributed by atoms with Crippen molar-refractivity contribution in [2.24, 2.45) is 17.0 Å². The van der Waals surface area contributed by atoms with E-state index in [1.807, 2.05) is 18.2 Å². The van der Waals surface area contributed by atoms with E-state index in [0.29, 0.717) is 12.0 Å². The average molecular weight is 501 g/mol. The zero-order valence-corrected chi connectivity index (χ0v) is 20.7. The topological polar surface area (TPSA) is 118 Å². The molecule has 5 rings (SSSR count). The van der Waals surface area contributed by atoms with Crippen LogP contribution in [0.15, 0.2) is 51.7 Å². The van der Waals surface area contributed by atoms with E-state index in [1.165, 1.54) is 18.4 Å². The molecule has 0 bridgehead atoms. The maximum Gasteiger partial charge on any atom is 0.350 e. The van der Waals surface area contributed by atoms with Gasteiger partial charge in [0.05, 0.1) is 11.5 Å². The molecule has 0 unspecified atom stereocenters. The molecule has 1 N–H and O–H groups in total. The summed E-state index contributed by atoms with van der Waals surface area (Å²) in [6, 6.07) is 6.85. The standard InChI is InChI=1S/C24H28N4O6S/c1-27(2)35(31,32)15-6-4-14(5-7-15)17-12-18-21(19-13-28(3)10-8-16(17)19)25-23(29)22(18)26-34-20-9-11-33-24(20)30/h4-7,12,16,19-20H,8-11,13H2,1-3H3,(H,25,26,29)/t16-,19-,20+/m1/s1. The second-order valence-electron chi connectivity index (χ2n) is 9.45. The molecule has 1 amide bonds. The van der Waals surface area contributed by atoms with Crippen molar-refractivity contribution >= 4 is 33.2 Å². The number of carbonyl (C=O) groups excluding carboxylic acids is 2. The van der Waals surface area contributed by atoms with E-state index >= 15 is 0 Å². The molecular formula is C24H28N4O6S. The number of hydrogen-bond donors (Lipinski definition) is 1. The van der Waals surface area contributed by atoms with Gasteiger partial charge in [0.1, 0.15) is 0 Å². The highest BCUT2D eigenvalue weighted by molar-refractivity contribution is 7.89. The van der Waals surface area contributed by atoms with Gasteiger partial charge in [0.15, 0.2) is 5.71 Å². The number of nitrogens with one attached hydrogen (secondary N) is 1. The molecule has 0 saturated carbocycles. The van der Waals surface area contributed by atoms with Gasteiger partial charge in [0.25, 0.3) is 5.91 Å². The summed E-state index contributed by atoms with van der Waals surface area (Å²) < 4.78 is 31.1. The van der Waals surface area contributed by atoms with Crippen LogP contribution in [0, 0.1) is 11.8 Å². The number of ether oxygens (including phenoxy) is 1. The fourth-order valence-corrected chi connectivity index (χ4v) is 5.99. The smallest absolute Gasteiger partial charge is 0.350 e. The number of amides is 1. The number of fused-ring (bicyclic) bond motifs is 2. The van der Waals surface area contributed by atoms with Crippen molar-refractivity contribution in [1.82, 2.24) is 14.5 Å². The average Bonchev–Trinajstić information content (AvgIpc) is 3.38. The first-order valence-corrected chi connectivity index (χ1v) is 13.0. The minimum Gasteiger partial charge on any atom is -0.463 e. The molecule has 10 nitrogen and oxygen atoms in total. The van der Waals surface area contributed by atoms with Crippen LogP contribution in [0.5, 0.6) is 0 Å². The van der Waals surface area contributed by atoms with Crippen molar-refractivity contribution in [2.45, 2.75) is 23.8 Å². The molecule has 1 aromatic carbocycles. The Morgan fingerprint density at radius 2 is 1.89 bits per heavy atom. The third kappa shape index (κ3) is 4.17. The number of esters is 1. The summed E-state index contributed by atoms with van der Waals surface area (Å²) in [6.45, 7) is 1.95. The van der Waals surface area contributed by atoms with Crippen LogP contribution in [0.3, 0.4) is 0 Å². The highest BCUT2D eigenvalue weighted by Gasteiger charge is 2.43. The summed E-state index contributed by atoms with van der Waals surface area (Å²) in [5.74, 6) is -0.643. The van der Waals surface area contributed by atoms with Gasteiger partial charge in [-0.2, -0.15) is 0 Å². The Hall–Kier alpha value is -3.02. The van der Waals surface area contributed by atoms with Gasteiger partial charge in [0, 0.05) is 44.2 Å². The van der Waals surface area contributed by atoms with Gasteiger partial charge in [0.2, 0.25) is 16.1 Å². The zero-order chi connectivity index (χ0) is 24.9. The van der Waals surface area contributed by atoms with E-state index in [4.69, 9.17) is 9.57 Å². The monoisotopic (exact) mass is 500 g/mol. The lowest BCUT2D eigenvalue weighted by Crippen LogP contribution is -2.42. The molecule has 1 aliphatic carbocycles. The van der Waals surface area contributed by atoms with Gasteiger partial charge in [-0.25, -0.2) is 17.5 Å². The number of piperidine rings is 1. The lowest BCUT2D eigenvalue weighted by atomic mass is 9.72. The molecule has 2 fully saturated rings. The van der Waals surface area contributed by atoms with Crippen molar-refractivity contribution in [3.8, 4) is 0 Å². The van der Waals surface area contributed by atoms with Crippen LogP contribution < -0.4 is 5.32 Å². The molecule has 186 valence electrons. The molecular weight excluding hydrogens is 472 g/mol. The number of sulfonamides is 1. The normalized spacial score (nSPS) is 28.1. The van der Waals surface area contributed by atoms with E-state index in [-0.39, 0.29) is 35.0 Å². The molecule has 1 aromatic rings. The third-order valence-electron chi connectivity index (χ3n) is 7.02. The summed E-state index contributed by atoms with van der Waals surface area (Å²) in [5, 5.41) is 7.06. The van der Waals surface area contributed by atoms with E-state index in [1.54, 1.807) is 12.1 Å². The molecule has 3 heterocycles. The van der Waals surface area contributed by atoms with Gasteiger partial charge in [-0.1, -0.05) is 17.3 Å². The zero-order valence-electron chi connectivity index (χ0n) is 19.9. The van der Waals surface area contributed by atoms with Gasteiger partial charge in [-0.3, -0.25) is 4.79 Å². The maximum absolute atomic E-state index is 12.9. The number of nitrogens with zero attached hydrogens (tertiary/aromatic N) is 3. The van der Waals surface area contributed by atoms with Crippen LogP contribution >= 0.6 is 0 Å². The molecule has 11 heteroatoms. The van der Waals surface area contributed by atoms with Crippen molar-refractivity contribution in [3.63, 3.8) is 0 Å². The number of oxime groups is 1. The van der Waals surface area contributed by atoms with Crippen molar-refractivity contribution in [3.05, 3.63) is 47.2 Å². The molecule has 35 heavy (non-hydrogen) atoms. The van der Waals surface area contributed by atoms with Gasteiger partial charge < -0.3 is 19.8 Å². The first-order chi connectivity index (χ1) is 16.7. The second-order valence-corrected chi connectivity index (χ2v) is 11.6. The molecule has 4 aliphatic rings. The van der Waals surface area contributed by atoms with Crippen LogP contribution in [0.2, 0.25) is 0 Å². The quantitative estimate of drug-likeness (QED) is 0.473. The molecule has 2 saturated heterocycles. The van der Waals surface area contributed by atoms with Crippen LogP contribution in [0.1, 0.15) is 18.4 Å². The fraction of sp³-hybridized carbons (Fsp3) is 0.458. The first kappa shape index (κ1) is 23.7. The Morgan fingerprint density at radius 1 is 1.14 bits per heavy atom. The highest BCUT2D eigenvalue weighted by Crippen LogP contribution is 2.45. The van der Waals surface area contributed by atoms with Crippen LogP contribution in [-0.2, 0) is 29.2 Å².